The average molecular weight is 299 g/mol. The molecule has 5 heteroatoms. The van der Waals surface area contributed by atoms with E-state index < -0.39 is 6.10 Å². The highest BCUT2D eigenvalue weighted by atomic mass is 32.1. The molecule has 3 rings (SSSR count). The molecule has 0 fully saturated rings. The number of rotatable bonds is 1. The summed E-state index contributed by atoms with van der Waals surface area (Å²) in [7, 11) is 0. The number of aliphatic hydroxyl groups is 1. The highest BCUT2D eigenvalue weighted by Gasteiger charge is 2.36. The maximum absolute atomic E-state index is 9.29. The first-order chi connectivity index (χ1) is 9.97. The normalized spacial score (nSPS) is 17.0. The molecule has 1 atom stereocenters. The van der Waals surface area contributed by atoms with Crippen LogP contribution in [0.25, 0.3) is 0 Å². The Morgan fingerprint density at radius 1 is 1.43 bits per heavy atom. The van der Waals surface area contributed by atoms with E-state index in [1.807, 2.05) is 6.07 Å². The second-order valence-corrected chi connectivity index (χ2v) is 6.63. The predicted molar refractivity (Wildman–Crippen MR) is 84.9 cm³/mol. The third-order valence-electron chi connectivity index (χ3n) is 3.58. The first kappa shape index (κ1) is 14.1. The number of nitrogens with zero attached hydrogens (tertiary/aromatic N) is 3. The topological polar surface area (TPSA) is 49.2 Å². The van der Waals surface area contributed by atoms with E-state index in [2.05, 4.69) is 52.1 Å². The Hall–Kier alpha value is -1.90. The van der Waals surface area contributed by atoms with Crippen LogP contribution >= 0.6 is 11.5 Å². The lowest BCUT2D eigenvalue weighted by Gasteiger charge is -2.19. The minimum Gasteiger partial charge on any atom is -0.381 e. The molecule has 0 aliphatic carbocycles. The van der Waals surface area contributed by atoms with Gasteiger partial charge in [-0.25, -0.2) is 4.98 Å². The van der Waals surface area contributed by atoms with Crippen LogP contribution in [0, 0.1) is 11.8 Å². The van der Waals surface area contributed by atoms with Crippen molar-refractivity contribution >= 4 is 22.4 Å². The van der Waals surface area contributed by atoms with Gasteiger partial charge in [-0.05, 0) is 24.6 Å². The van der Waals surface area contributed by atoms with Crippen LogP contribution in [0.1, 0.15) is 31.9 Å². The van der Waals surface area contributed by atoms with Gasteiger partial charge in [0, 0.05) is 34.7 Å². The van der Waals surface area contributed by atoms with E-state index in [0.29, 0.717) is 0 Å². The molecular formula is C16H17N3OS. The Bertz CT molecular complexity index is 711. The van der Waals surface area contributed by atoms with Gasteiger partial charge in [-0.2, -0.15) is 4.37 Å². The number of fused-ring (bicyclic) bond motifs is 1. The molecule has 1 aliphatic rings. The molecule has 1 aromatic heterocycles. The van der Waals surface area contributed by atoms with Crippen molar-refractivity contribution in [1.82, 2.24) is 9.36 Å². The summed E-state index contributed by atoms with van der Waals surface area (Å²) in [6.45, 7) is 7.00. The summed E-state index contributed by atoms with van der Waals surface area (Å²) in [5, 5.41) is 10.2. The quantitative estimate of drug-likeness (QED) is 0.823. The van der Waals surface area contributed by atoms with E-state index in [-0.39, 0.29) is 5.41 Å². The second kappa shape index (κ2) is 5.14. The van der Waals surface area contributed by atoms with Crippen LogP contribution < -0.4 is 4.90 Å². The fourth-order valence-electron chi connectivity index (χ4n) is 2.62. The van der Waals surface area contributed by atoms with E-state index in [4.69, 9.17) is 0 Å². The van der Waals surface area contributed by atoms with Gasteiger partial charge in [-0.1, -0.05) is 31.8 Å². The minimum atomic E-state index is -0.617. The molecule has 1 N–H and O–H groups in total. The van der Waals surface area contributed by atoms with Gasteiger partial charge in [-0.3, -0.25) is 0 Å². The lowest BCUT2D eigenvalue weighted by atomic mass is 9.86. The molecule has 2 heterocycles. The maximum atomic E-state index is 9.29. The molecule has 4 nitrogen and oxygen atoms in total. The molecular weight excluding hydrogens is 282 g/mol. The van der Waals surface area contributed by atoms with Crippen molar-refractivity contribution in [1.29, 1.82) is 0 Å². The van der Waals surface area contributed by atoms with Crippen LogP contribution in [0.15, 0.2) is 24.5 Å². The van der Waals surface area contributed by atoms with Crippen molar-refractivity contribution in [2.45, 2.75) is 32.3 Å². The highest BCUT2D eigenvalue weighted by Crippen LogP contribution is 2.44. The minimum absolute atomic E-state index is 0.0667. The van der Waals surface area contributed by atoms with Crippen LogP contribution in [0.3, 0.4) is 0 Å². The fourth-order valence-corrected chi connectivity index (χ4v) is 3.16. The standard InChI is InChI=1S/C16H17N3OS/c1-11(20)4-5-12-6-7-13-14(8-12)19(9-16(13,2)3)15-17-10-18-21-15/h6-8,10-11,20H,9H2,1-3H3. The van der Waals surface area contributed by atoms with Crippen molar-refractivity contribution in [3.63, 3.8) is 0 Å². The van der Waals surface area contributed by atoms with Gasteiger partial charge in [0.05, 0.1) is 0 Å². The van der Waals surface area contributed by atoms with Crippen LogP contribution in [0.5, 0.6) is 0 Å². The van der Waals surface area contributed by atoms with Crippen molar-refractivity contribution < 1.29 is 5.11 Å². The fraction of sp³-hybridized carbons (Fsp3) is 0.375. The molecule has 108 valence electrons. The third kappa shape index (κ3) is 2.65. The van der Waals surface area contributed by atoms with Crippen molar-refractivity contribution in [3.8, 4) is 11.8 Å². The maximum Gasteiger partial charge on any atom is 0.209 e. The average Bonchev–Trinajstić information content (AvgIpc) is 3.03. The molecule has 0 saturated heterocycles. The number of benzene rings is 1. The number of hydrogen-bond donors (Lipinski definition) is 1. The molecule has 1 aromatic carbocycles. The van der Waals surface area contributed by atoms with Crippen molar-refractivity contribution in [2.24, 2.45) is 0 Å². The third-order valence-corrected chi connectivity index (χ3v) is 4.27. The second-order valence-electron chi connectivity index (χ2n) is 5.87. The lowest BCUT2D eigenvalue weighted by Crippen LogP contribution is -2.24. The smallest absolute Gasteiger partial charge is 0.209 e. The zero-order valence-corrected chi connectivity index (χ0v) is 13.1. The van der Waals surface area contributed by atoms with Crippen molar-refractivity contribution in [2.75, 3.05) is 11.4 Å². The predicted octanol–water partition coefficient (Wildman–Crippen LogP) is 2.70. The molecule has 0 spiro atoms. The zero-order valence-electron chi connectivity index (χ0n) is 12.3. The van der Waals surface area contributed by atoms with E-state index in [9.17, 15) is 5.11 Å². The summed E-state index contributed by atoms with van der Waals surface area (Å²) in [6, 6.07) is 6.21. The molecule has 21 heavy (non-hydrogen) atoms. The summed E-state index contributed by atoms with van der Waals surface area (Å²) >= 11 is 1.40. The number of anilines is 2. The Balaban J connectivity index is 2.06. The Morgan fingerprint density at radius 3 is 2.90 bits per heavy atom. The van der Waals surface area contributed by atoms with Gasteiger partial charge in [0.2, 0.25) is 5.13 Å². The molecule has 1 aliphatic heterocycles. The van der Waals surface area contributed by atoms with E-state index in [0.717, 1.165) is 22.9 Å². The zero-order chi connectivity index (χ0) is 15.0. The molecule has 2 aromatic rings. The molecule has 1 unspecified atom stereocenters. The lowest BCUT2D eigenvalue weighted by molar-refractivity contribution is 0.253. The first-order valence-electron chi connectivity index (χ1n) is 6.86. The number of hydrogen-bond acceptors (Lipinski definition) is 5. The van der Waals surface area contributed by atoms with Crippen molar-refractivity contribution in [3.05, 3.63) is 35.7 Å². The molecule has 0 amide bonds. The van der Waals surface area contributed by atoms with Gasteiger partial charge < -0.3 is 10.0 Å². The molecule has 0 radical (unpaired) electrons. The molecule has 0 saturated carbocycles. The van der Waals surface area contributed by atoms with Gasteiger partial charge in [0.15, 0.2) is 0 Å². The van der Waals surface area contributed by atoms with E-state index in [1.54, 1.807) is 13.3 Å². The first-order valence-corrected chi connectivity index (χ1v) is 7.63. The SMILES string of the molecule is CC(O)C#Cc1ccc2c(c1)N(c1ncns1)CC2(C)C. The van der Waals surface area contributed by atoms with Gasteiger partial charge in [0.25, 0.3) is 0 Å². The van der Waals surface area contributed by atoms with Gasteiger partial charge in [0.1, 0.15) is 12.4 Å². The van der Waals surface area contributed by atoms with E-state index in [1.165, 1.54) is 17.1 Å². The van der Waals surface area contributed by atoms with Crippen LogP contribution in [0.2, 0.25) is 0 Å². The van der Waals surface area contributed by atoms with Gasteiger partial charge >= 0.3 is 0 Å². The summed E-state index contributed by atoms with van der Waals surface area (Å²) in [5.41, 5.74) is 3.40. The monoisotopic (exact) mass is 299 g/mol. The van der Waals surface area contributed by atoms with Gasteiger partial charge in [-0.15, -0.1) is 0 Å². The van der Waals surface area contributed by atoms with Crippen LogP contribution in [0.4, 0.5) is 10.8 Å². The van der Waals surface area contributed by atoms with E-state index >= 15 is 0 Å². The number of aliphatic hydroxyl groups excluding tert-OH is 1. The summed E-state index contributed by atoms with van der Waals surface area (Å²) in [6.07, 6.45) is 0.969. The highest BCUT2D eigenvalue weighted by molar-refractivity contribution is 7.09. The van der Waals surface area contributed by atoms with Crippen LogP contribution in [-0.4, -0.2) is 27.1 Å². The number of aromatic nitrogens is 2. The molecule has 0 bridgehead atoms. The Kier molecular flexibility index (Phi) is 3.44. The summed E-state index contributed by atoms with van der Waals surface area (Å²) in [4.78, 5) is 6.52. The Morgan fingerprint density at radius 2 is 2.24 bits per heavy atom. The summed E-state index contributed by atoms with van der Waals surface area (Å²) < 4.78 is 4.10. The Labute approximate surface area is 128 Å². The summed E-state index contributed by atoms with van der Waals surface area (Å²) in [5.74, 6) is 5.79. The van der Waals surface area contributed by atoms with Crippen LogP contribution in [-0.2, 0) is 5.41 Å². The largest absolute Gasteiger partial charge is 0.381 e.